The Bertz CT molecular complexity index is 751. The average molecular weight is 305 g/mol. The first-order valence-corrected chi connectivity index (χ1v) is 7.58. The standard InChI is InChI=1S/C14H16FN5S/c1-2-5-20-11(8-17-19-20)14(18-16)13-7-9-6-10(15)3-4-12(9)21-13/h3-4,6-8,14,18H,2,5,16H2,1H3. The number of benzene rings is 1. The monoisotopic (exact) mass is 305 g/mol. The second kappa shape index (κ2) is 5.88. The van der Waals surface area contributed by atoms with Gasteiger partial charge in [-0.05, 0) is 36.1 Å². The van der Waals surface area contributed by atoms with E-state index >= 15 is 0 Å². The number of nitrogens with zero attached hydrogens (tertiary/aromatic N) is 3. The van der Waals surface area contributed by atoms with Gasteiger partial charge in [-0.25, -0.2) is 14.5 Å². The van der Waals surface area contributed by atoms with Crippen molar-refractivity contribution >= 4 is 21.4 Å². The van der Waals surface area contributed by atoms with Gasteiger partial charge in [-0.15, -0.1) is 16.4 Å². The van der Waals surface area contributed by atoms with Crippen LogP contribution in [-0.2, 0) is 6.54 Å². The number of nitrogens with two attached hydrogens (primary N) is 1. The second-order valence-electron chi connectivity index (χ2n) is 4.81. The SMILES string of the molecule is CCCn1nncc1C(NN)c1cc2cc(F)ccc2s1. The van der Waals surface area contributed by atoms with Crippen molar-refractivity contribution in [2.45, 2.75) is 25.9 Å². The Hall–Kier alpha value is -1.83. The summed E-state index contributed by atoms with van der Waals surface area (Å²) in [5.74, 6) is 5.49. The molecule has 7 heteroatoms. The van der Waals surface area contributed by atoms with Crippen molar-refractivity contribution in [1.82, 2.24) is 20.4 Å². The van der Waals surface area contributed by atoms with Gasteiger partial charge in [0.1, 0.15) is 5.82 Å². The molecule has 0 aliphatic rings. The van der Waals surface area contributed by atoms with E-state index in [4.69, 9.17) is 5.84 Å². The summed E-state index contributed by atoms with van der Waals surface area (Å²) >= 11 is 1.59. The van der Waals surface area contributed by atoms with Crippen LogP contribution in [0.2, 0.25) is 0 Å². The van der Waals surface area contributed by atoms with E-state index in [1.54, 1.807) is 23.6 Å². The number of halogens is 1. The lowest BCUT2D eigenvalue weighted by Crippen LogP contribution is -2.30. The molecular formula is C14H16FN5S. The van der Waals surface area contributed by atoms with Crippen molar-refractivity contribution in [2.75, 3.05) is 0 Å². The van der Waals surface area contributed by atoms with E-state index in [0.717, 1.165) is 33.6 Å². The number of hydrogen-bond donors (Lipinski definition) is 2. The number of hydrazine groups is 1. The second-order valence-corrected chi connectivity index (χ2v) is 5.93. The maximum absolute atomic E-state index is 13.3. The van der Waals surface area contributed by atoms with Crippen LogP contribution in [0.3, 0.4) is 0 Å². The number of nitrogens with one attached hydrogen (secondary N) is 1. The fourth-order valence-electron chi connectivity index (χ4n) is 2.37. The predicted molar refractivity (Wildman–Crippen MR) is 81.3 cm³/mol. The van der Waals surface area contributed by atoms with Gasteiger partial charge in [-0.1, -0.05) is 12.1 Å². The number of rotatable bonds is 5. The molecule has 0 aliphatic carbocycles. The minimum Gasteiger partial charge on any atom is -0.270 e. The molecule has 1 atom stereocenters. The zero-order valence-electron chi connectivity index (χ0n) is 11.6. The number of thiophene rings is 1. The van der Waals surface area contributed by atoms with Gasteiger partial charge >= 0.3 is 0 Å². The van der Waals surface area contributed by atoms with E-state index in [9.17, 15) is 4.39 Å². The Morgan fingerprint density at radius 2 is 2.29 bits per heavy atom. The molecule has 2 heterocycles. The van der Waals surface area contributed by atoms with Crippen LogP contribution in [-0.4, -0.2) is 15.0 Å². The third-order valence-corrected chi connectivity index (χ3v) is 4.51. The zero-order valence-corrected chi connectivity index (χ0v) is 12.4. The Labute approximate surface area is 125 Å². The van der Waals surface area contributed by atoms with Gasteiger partial charge in [0.25, 0.3) is 0 Å². The van der Waals surface area contributed by atoms with Crippen molar-refractivity contribution in [3.63, 3.8) is 0 Å². The minimum absolute atomic E-state index is 0.202. The Kier molecular flexibility index (Phi) is 3.96. The van der Waals surface area contributed by atoms with Crippen molar-refractivity contribution in [2.24, 2.45) is 5.84 Å². The van der Waals surface area contributed by atoms with Gasteiger partial charge in [-0.3, -0.25) is 5.84 Å². The first-order valence-electron chi connectivity index (χ1n) is 6.76. The quantitative estimate of drug-likeness (QED) is 0.561. The van der Waals surface area contributed by atoms with Gasteiger partial charge in [0.15, 0.2) is 0 Å². The third kappa shape index (κ3) is 2.67. The van der Waals surface area contributed by atoms with Crippen LogP contribution in [0.1, 0.15) is 30.0 Å². The molecule has 110 valence electrons. The van der Waals surface area contributed by atoms with Crippen LogP contribution in [0.5, 0.6) is 0 Å². The normalized spacial score (nSPS) is 12.9. The van der Waals surface area contributed by atoms with E-state index in [0.29, 0.717) is 0 Å². The molecule has 3 aromatic rings. The first-order chi connectivity index (χ1) is 10.2. The summed E-state index contributed by atoms with van der Waals surface area (Å²) in [4.78, 5) is 1.01. The molecule has 0 aliphatic heterocycles. The maximum Gasteiger partial charge on any atom is 0.123 e. The summed E-state index contributed by atoms with van der Waals surface area (Å²) in [6.07, 6.45) is 2.68. The van der Waals surface area contributed by atoms with Gasteiger partial charge in [0.2, 0.25) is 0 Å². The van der Waals surface area contributed by atoms with Gasteiger partial charge < -0.3 is 0 Å². The molecule has 5 nitrogen and oxygen atoms in total. The van der Waals surface area contributed by atoms with Gasteiger partial charge in [0, 0.05) is 16.1 Å². The highest BCUT2D eigenvalue weighted by Gasteiger charge is 2.20. The molecule has 0 radical (unpaired) electrons. The van der Waals surface area contributed by atoms with Gasteiger partial charge in [-0.2, -0.15) is 0 Å². The van der Waals surface area contributed by atoms with E-state index in [1.807, 2.05) is 10.7 Å². The average Bonchev–Trinajstić information content (AvgIpc) is 3.07. The molecule has 0 amide bonds. The van der Waals surface area contributed by atoms with Crippen LogP contribution in [0.4, 0.5) is 4.39 Å². The summed E-state index contributed by atoms with van der Waals surface area (Å²) in [6.45, 7) is 2.87. The minimum atomic E-state index is -0.234. The number of aromatic nitrogens is 3. The molecule has 0 bridgehead atoms. The zero-order chi connectivity index (χ0) is 14.8. The molecule has 1 unspecified atom stereocenters. The van der Waals surface area contributed by atoms with E-state index in [2.05, 4.69) is 22.7 Å². The third-order valence-electron chi connectivity index (χ3n) is 3.33. The molecule has 3 N–H and O–H groups in total. The van der Waals surface area contributed by atoms with Crippen molar-refractivity contribution < 1.29 is 4.39 Å². The molecule has 0 saturated carbocycles. The number of fused-ring (bicyclic) bond motifs is 1. The van der Waals surface area contributed by atoms with E-state index < -0.39 is 0 Å². The molecule has 1 aromatic carbocycles. The van der Waals surface area contributed by atoms with Crippen molar-refractivity contribution in [3.8, 4) is 0 Å². The highest BCUT2D eigenvalue weighted by molar-refractivity contribution is 7.19. The summed E-state index contributed by atoms with van der Waals surface area (Å²) in [6, 6.07) is 6.54. The maximum atomic E-state index is 13.3. The Balaban J connectivity index is 2.03. The lowest BCUT2D eigenvalue weighted by molar-refractivity contribution is 0.515. The summed E-state index contributed by atoms with van der Waals surface area (Å²) in [5.41, 5.74) is 3.72. The van der Waals surface area contributed by atoms with Crippen molar-refractivity contribution in [1.29, 1.82) is 0 Å². The lowest BCUT2D eigenvalue weighted by Gasteiger charge is -2.15. The van der Waals surface area contributed by atoms with Crippen LogP contribution in [0.25, 0.3) is 10.1 Å². The summed E-state index contributed by atoms with van der Waals surface area (Å²) < 4.78 is 16.2. The molecular weight excluding hydrogens is 289 g/mol. The molecule has 2 aromatic heterocycles. The predicted octanol–water partition coefficient (Wildman–Crippen LogP) is 2.59. The molecule has 0 spiro atoms. The molecule has 0 saturated heterocycles. The number of aryl methyl sites for hydroxylation is 1. The highest BCUT2D eigenvalue weighted by atomic mass is 32.1. The molecule has 0 fully saturated rings. The van der Waals surface area contributed by atoms with Crippen LogP contribution in [0, 0.1) is 5.82 Å². The number of hydrogen-bond acceptors (Lipinski definition) is 5. The van der Waals surface area contributed by atoms with Crippen molar-refractivity contribution in [3.05, 3.63) is 46.9 Å². The summed E-state index contributed by atoms with van der Waals surface area (Å²) in [7, 11) is 0. The molecule has 3 rings (SSSR count). The lowest BCUT2D eigenvalue weighted by atomic mass is 10.1. The Morgan fingerprint density at radius 1 is 1.43 bits per heavy atom. The van der Waals surface area contributed by atoms with Crippen LogP contribution in [0.15, 0.2) is 30.5 Å². The molecule has 21 heavy (non-hydrogen) atoms. The fourth-order valence-corrected chi connectivity index (χ4v) is 3.48. The first kappa shape index (κ1) is 14.1. The van der Waals surface area contributed by atoms with Crippen LogP contribution < -0.4 is 11.3 Å². The Morgan fingerprint density at radius 3 is 3.05 bits per heavy atom. The smallest absolute Gasteiger partial charge is 0.123 e. The van der Waals surface area contributed by atoms with Crippen LogP contribution >= 0.6 is 11.3 Å². The summed E-state index contributed by atoms with van der Waals surface area (Å²) in [5, 5.41) is 8.93. The van der Waals surface area contributed by atoms with E-state index in [1.165, 1.54) is 12.1 Å². The highest BCUT2D eigenvalue weighted by Crippen LogP contribution is 2.33. The topological polar surface area (TPSA) is 68.8 Å². The van der Waals surface area contributed by atoms with Gasteiger partial charge in [0.05, 0.1) is 17.9 Å². The van der Waals surface area contributed by atoms with E-state index in [-0.39, 0.29) is 11.9 Å². The largest absolute Gasteiger partial charge is 0.270 e. The fraction of sp³-hybridized carbons (Fsp3) is 0.286.